The molecular weight excluding hydrogens is 379 g/mol. The Kier molecular flexibility index (Phi) is 3.93. The van der Waals surface area contributed by atoms with Crippen LogP contribution in [0.4, 0.5) is 9.52 Å². The van der Waals surface area contributed by atoms with Crippen molar-refractivity contribution in [3.05, 3.63) is 57.3 Å². The summed E-state index contributed by atoms with van der Waals surface area (Å²) in [4.78, 5) is 16.4. The zero-order valence-corrected chi connectivity index (χ0v) is 13.5. The van der Waals surface area contributed by atoms with Crippen LogP contribution in [0.2, 0.25) is 5.02 Å². The molecule has 0 aliphatic heterocycles. The number of anilines is 1. The Morgan fingerprint density at radius 2 is 2.10 bits per heavy atom. The molecule has 1 aromatic heterocycles. The second-order valence-electron chi connectivity index (χ2n) is 4.21. The fraction of sp³-hybridized carbons (Fsp3) is 0. The molecule has 1 heterocycles. The highest BCUT2D eigenvalue weighted by Crippen LogP contribution is 2.28. The van der Waals surface area contributed by atoms with E-state index in [4.69, 9.17) is 11.6 Å². The van der Waals surface area contributed by atoms with Crippen LogP contribution in [0.5, 0.6) is 0 Å². The number of amides is 1. The second-order valence-corrected chi connectivity index (χ2v) is 6.59. The number of nitrogens with zero attached hydrogens (tertiary/aromatic N) is 1. The molecule has 106 valence electrons. The molecule has 7 heteroatoms. The van der Waals surface area contributed by atoms with Crippen LogP contribution in [0.25, 0.3) is 10.2 Å². The van der Waals surface area contributed by atoms with Crippen molar-refractivity contribution in [1.29, 1.82) is 0 Å². The molecule has 0 unspecified atom stereocenters. The number of halogens is 3. The average molecular weight is 386 g/mol. The molecule has 2 aromatic carbocycles. The largest absolute Gasteiger partial charge is 0.298 e. The van der Waals surface area contributed by atoms with Gasteiger partial charge in [0.05, 0.1) is 15.8 Å². The van der Waals surface area contributed by atoms with Crippen LogP contribution < -0.4 is 5.32 Å². The van der Waals surface area contributed by atoms with E-state index in [0.717, 1.165) is 10.2 Å². The van der Waals surface area contributed by atoms with E-state index in [9.17, 15) is 9.18 Å². The van der Waals surface area contributed by atoms with Gasteiger partial charge in [0, 0.05) is 9.50 Å². The van der Waals surface area contributed by atoms with Gasteiger partial charge in [0.1, 0.15) is 5.82 Å². The lowest BCUT2D eigenvalue weighted by molar-refractivity contribution is 0.102. The second kappa shape index (κ2) is 5.71. The van der Waals surface area contributed by atoms with Crippen LogP contribution in [-0.2, 0) is 0 Å². The van der Waals surface area contributed by atoms with Gasteiger partial charge in [-0.05, 0) is 36.4 Å². The van der Waals surface area contributed by atoms with Crippen molar-refractivity contribution >= 4 is 60.1 Å². The molecule has 0 bridgehead atoms. The van der Waals surface area contributed by atoms with Gasteiger partial charge in [-0.15, -0.1) is 0 Å². The third-order valence-corrected chi connectivity index (χ3v) is 4.41. The molecule has 0 spiro atoms. The lowest BCUT2D eigenvalue weighted by Crippen LogP contribution is -2.13. The average Bonchev–Trinajstić information content (AvgIpc) is 2.82. The number of benzene rings is 2. The van der Waals surface area contributed by atoms with E-state index >= 15 is 0 Å². The summed E-state index contributed by atoms with van der Waals surface area (Å²) in [6, 6.07) is 9.45. The minimum atomic E-state index is -0.583. The molecule has 3 aromatic rings. The Balaban J connectivity index is 1.90. The highest BCUT2D eigenvalue weighted by molar-refractivity contribution is 9.10. The van der Waals surface area contributed by atoms with Gasteiger partial charge in [0.15, 0.2) is 5.13 Å². The standard InChI is InChI=1S/C14H7BrClFN2OS/c15-7-1-3-10(17)9(5-7)13(20)19-14-18-11-4-2-8(16)6-12(11)21-14/h1-6H,(H,18,19,20). The highest BCUT2D eigenvalue weighted by Gasteiger charge is 2.14. The number of hydrogen-bond donors (Lipinski definition) is 1. The first-order valence-corrected chi connectivity index (χ1v) is 7.84. The van der Waals surface area contributed by atoms with Gasteiger partial charge in [-0.25, -0.2) is 9.37 Å². The third-order valence-electron chi connectivity index (χ3n) is 2.74. The summed E-state index contributed by atoms with van der Waals surface area (Å²) in [5, 5.41) is 3.60. The molecule has 0 saturated carbocycles. The molecule has 0 atom stereocenters. The van der Waals surface area contributed by atoms with Gasteiger partial charge >= 0.3 is 0 Å². The van der Waals surface area contributed by atoms with Gasteiger partial charge in [-0.2, -0.15) is 0 Å². The zero-order valence-electron chi connectivity index (χ0n) is 10.4. The summed E-state index contributed by atoms with van der Waals surface area (Å²) in [6.07, 6.45) is 0. The van der Waals surface area contributed by atoms with Crippen molar-refractivity contribution in [3.8, 4) is 0 Å². The monoisotopic (exact) mass is 384 g/mol. The first-order chi connectivity index (χ1) is 10.0. The number of thiazole rings is 1. The zero-order chi connectivity index (χ0) is 15.0. The number of carbonyl (C=O) groups is 1. The Bertz CT molecular complexity index is 852. The summed E-state index contributed by atoms with van der Waals surface area (Å²) in [5.74, 6) is -1.13. The van der Waals surface area contributed by atoms with E-state index in [0.29, 0.717) is 14.6 Å². The predicted molar refractivity (Wildman–Crippen MR) is 86.7 cm³/mol. The van der Waals surface area contributed by atoms with Crippen LogP contribution >= 0.6 is 38.9 Å². The number of nitrogens with one attached hydrogen (secondary N) is 1. The lowest BCUT2D eigenvalue weighted by atomic mass is 10.2. The van der Waals surface area contributed by atoms with Gasteiger partial charge < -0.3 is 0 Å². The first-order valence-electron chi connectivity index (χ1n) is 5.85. The van der Waals surface area contributed by atoms with Crippen LogP contribution in [0.15, 0.2) is 40.9 Å². The molecule has 3 nitrogen and oxygen atoms in total. The van der Waals surface area contributed by atoms with E-state index in [-0.39, 0.29) is 5.56 Å². The molecule has 1 amide bonds. The van der Waals surface area contributed by atoms with Crippen LogP contribution in [0.1, 0.15) is 10.4 Å². The quantitative estimate of drug-likeness (QED) is 0.666. The number of aromatic nitrogens is 1. The topological polar surface area (TPSA) is 42.0 Å². The van der Waals surface area contributed by atoms with Gasteiger partial charge in [-0.3, -0.25) is 10.1 Å². The Hall–Kier alpha value is -1.50. The normalized spacial score (nSPS) is 10.8. The maximum absolute atomic E-state index is 13.7. The van der Waals surface area contributed by atoms with Gasteiger partial charge in [0.25, 0.3) is 5.91 Å². The van der Waals surface area contributed by atoms with Crippen molar-refractivity contribution in [3.63, 3.8) is 0 Å². The van der Waals surface area contributed by atoms with Crippen molar-refractivity contribution in [2.24, 2.45) is 0 Å². The fourth-order valence-corrected chi connectivity index (χ4v) is 3.29. The van der Waals surface area contributed by atoms with E-state index in [2.05, 4.69) is 26.2 Å². The van der Waals surface area contributed by atoms with Crippen molar-refractivity contribution in [2.45, 2.75) is 0 Å². The fourth-order valence-electron chi connectivity index (χ4n) is 1.79. The maximum Gasteiger partial charge on any atom is 0.260 e. The van der Waals surface area contributed by atoms with E-state index in [1.165, 1.54) is 29.5 Å². The van der Waals surface area contributed by atoms with E-state index in [1.54, 1.807) is 18.2 Å². The molecule has 0 fully saturated rings. The number of hydrogen-bond acceptors (Lipinski definition) is 3. The maximum atomic E-state index is 13.7. The number of carbonyl (C=O) groups excluding carboxylic acids is 1. The van der Waals surface area contributed by atoms with Crippen LogP contribution in [-0.4, -0.2) is 10.9 Å². The van der Waals surface area contributed by atoms with Crippen molar-refractivity contribution in [2.75, 3.05) is 5.32 Å². The highest BCUT2D eigenvalue weighted by atomic mass is 79.9. The molecule has 0 radical (unpaired) electrons. The first kappa shape index (κ1) is 14.4. The molecule has 1 N–H and O–H groups in total. The summed E-state index contributed by atoms with van der Waals surface area (Å²) in [5.41, 5.74) is 0.691. The minimum Gasteiger partial charge on any atom is -0.298 e. The van der Waals surface area contributed by atoms with Gasteiger partial charge in [0.2, 0.25) is 0 Å². The molecule has 21 heavy (non-hydrogen) atoms. The smallest absolute Gasteiger partial charge is 0.260 e. The van der Waals surface area contributed by atoms with Crippen LogP contribution in [0.3, 0.4) is 0 Å². The van der Waals surface area contributed by atoms with Gasteiger partial charge in [-0.1, -0.05) is 38.9 Å². The SMILES string of the molecule is O=C(Nc1nc2ccc(Cl)cc2s1)c1cc(Br)ccc1F. The molecular formula is C14H7BrClFN2OS. The summed E-state index contributed by atoms with van der Waals surface area (Å²) in [6.45, 7) is 0. The Morgan fingerprint density at radius 1 is 1.29 bits per heavy atom. The molecule has 0 aliphatic carbocycles. The minimum absolute atomic E-state index is 0.0401. The molecule has 0 saturated heterocycles. The summed E-state index contributed by atoms with van der Waals surface area (Å²) < 4.78 is 15.1. The third kappa shape index (κ3) is 3.07. The van der Waals surface area contributed by atoms with E-state index in [1.807, 2.05) is 0 Å². The Morgan fingerprint density at radius 3 is 2.90 bits per heavy atom. The number of rotatable bonds is 2. The van der Waals surface area contributed by atoms with Crippen molar-refractivity contribution in [1.82, 2.24) is 4.98 Å². The van der Waals surface area contributed by atoms with Crippen LogP contribution in [0, 0.1) is 5.82 Å². The van der Waals surface area contributed by atoms with Crippen molar-refractivity contribution < 1.29 is 9.18 Å². The predicted octanol–water partition coefficient (Wildman–Crippen LogP) is 5.10. The molecule has 3 rings (SSSR count). The molecule has 0 aliphatic rings. The Labute approximate surface area is 136 Å². The summed E-state index contributed by atoms with van der Waals surface area (Å²) in [7, 11) is 0. The lowest BCUT2D eigenvalue weighted by Gasteiger charge is -2.03. The summed E-state index contributed by atoms with van der Waals surface area (Å²) >= 11 is 10.4. The van der Waals surface area contributed by atoms with E-state index < -0.39 is 11.7 Å². The number of fused-ring (bicyclic) bond motifs is 1.